The molecule has 1 aromatic heterocycles. The highest BCUT2D eigenvalue weighted by Crippen LogP contribution is 2.40. The second-order valence-corrected chi connectivity index (χ2v) is 8.46. The fraction of sp³-hybridized carbons (Fsp3) is 0.875. The fourth-order valence-electron chi connectivity index (χ4n) is 2.85. The van der Waals surface area contributed by atoms with Crippen molar-refractivity contribution in [3.05, 3.63) is 10.0 Å². The molecular weight excluding hydrogens is 266 g/mol. The van der Waals surface area contributed by atoms with Crippen LogP contribution < -0.4 is 5.32 Å². The van der Waals surface area contributed by atoms with Gasteiger partial charge in [0.1, 0.15) is 10.0 Å². The van der Waals surface area contributed by atoms with Crippen LogP contribution in [0.25, 0.3) is 0 Å². The van der Waals surface area contributed by atoms with Crippen molar-refractivity contribution in [3.63, 3.8) is 0 Å². The summed E-state index contributed by atoms with van der Waals surface area (Å²) in [6.45, 7) is 10.0. The van der Waals surface area contributed by atoms with E-state index < -0.39 is 0 Å². The zero-order valence-corrected chi connectivity index (χ0v) is 14.3. The third-order valence-corrected chi connectivity index (χ3v) is 5.45. The van der Waals surface area contributed by atoms with Crippen molar-refractivity contribution in [1.82, 2.24) is 15.5 Å². The van der Waals surface area contributed by atoms with E-state index in [0.29, 0.717) is 5.41 Å². The van der Waals surface area contributed by atoms with Gasteiger partial charge in [-0.25, -0.2) is 0 Å². The van der Waals surface area contributed by atoms with Crippen LogP contribution in [0.1, 0.15) is 76.2 Å². The van der Waals surface area contributed by atoms with Crippen LogP contribution in [-0.2, 0) is 11.8 Å². The molecule has 4 heteroatoms. The molecule has 0 amide bonds. The van der Waals surface area contributed by atoms with E-state index in [1.54, 1.807) is 0 Å². The van der Waals surface area contributed by atoms with Crippen LogP contribution in [0.15, 0.2) is 0 Å². The van der Waals surface area contributed by atoms with Crippen molar-refractivity contribution in [3.8, 4) is 0 Å². The molecule has 114 valence electrons. The fourth-order valence-corrected chi connectivity index (χ4v) is 3.93. The Hall–Kier alpha value is -0.480. The van der Waals surface area contributed by atoms with Gasteiger partial charge in [0.25, 0.3) is 0 Å². The van der Waals surface area contributed by atoms with Crippen LogP contribution in [0, 0.1) is 0 Å². The molecule has 20 heavy (non-hydrogen) atoms. The molecule has 0 bridgehead atoms. The molecule has 0 radical (unpaired) electrons. The van der Waals surface area contributed by atoms with Gasteiger partial charge in [0, 0.05) is 17.4 Å². The van der Waals surface area contributed by atoms with Gasteiger partial charge in [-0.05, 0) is 46.6 Å². The van der Waals surface area contributed by atoms with Crippen LogP contribution in [0.3, 0.4) is 0 Å². The van der Waals surface area contributed by atoms with Crippen LogP contribution in [0.4, 0.5) is 0 Å². The van der Waals surface area contributed by atoms with Crippen molar-refractivity contribution < 1.29 is 0 Å². The van der Waals surface area contributed by atoms with E-state index >= 15 is 0 Å². The van der Waals surface area contributed by atoms with Gasteiger partial charge in [-0.15, -0.1) is 21.5 Å². The number of aromatic nitrogens is 2. The third-order valence-electron chi connectivity index (χ3n) is 4.16. The molecule has 1 fully saturated rings. The highest BCUT2D eigenvalue weighted by Gasteiger charge is 2.32. The largest absolute Gasteiger partial charge is 0.312 e. The predicted octanol–water partition coefficient (Wildman–Crippen LogP) is 4.08. The van der Waals surface area contributed by atoms with Crippen LogP contribution in [0.2, 0.25) is 0 Å². The zero-order chi connectivity index (χ0) is 14.6. The monoisotopic (exact) mass is 295 g/mol. The van der Waals surface area contributed by atoms with Gasteiger partial charge < -0.3 is 5.32 Å². The normalized spacial score (nSPS) is 19.2. The number of hydrogen-bond acceptors (Lipinski definition) is 4. The molecule has 0 atom stereocenters. The summed E-state index contributed by atoms with van der Waals surface area (Å²) in [6.07, 6.45) is 8.85. The molecule has 0 spiro atoms. The summed E-state index contributed by atoms with van der Waals surface area (Å²) < 4.78 is 0. The Labute approximate surface area is 127 Å². The summed E-state index contributed by atoms with van der Waals surface area (Å²) in [5.41, 5.74) is 0.514. The second-order valence-electron chi connectivity index (χ2n) is 7.40. The van der Waals surface area contributed by atoms with Gasteiger partial charge in [-0.1, -0.05) is 26.2 Å². The lowest BCUT2D eigenvalue weighted by Gasteiger charge is -2.30. The minimum absolute atomic E-state index is 0.210. The van der Waals surface area contributed by atoms with E-state index in [9.17, 15) is 0 Å². The van der Waals surface area contributed by atoms with Crippen LogP contribution >= 0.6 is 11.3 Å². The molecule has 0 aromatic carbocycles. The van der Waals surface area contributed by atoms with Crippen molar-refractivity contribution in [1.29, 1.82) is 0 Å². The van der Waals surface area contributed by atoms with E-state index in [0.717, 1.165) is 19.4 Å². The topological polar surface area (TPSA) is 37.8 Å². The summed E-state index contributed by atoms with van der Waals surface area (Å²) in [7, 11) is 0. The molecule has 0 saturated heterocycles. The van der Waals surface area contributed by atoms with Crippen LogP contribution in [0.5, 0.6) is 0 Å². The first kappa shape index (κ1) is 15.9. The molecular formula is C16H29N3S. The number of aryl methyl sites for hydroxylation is 1. The van der Waals surface area contributed by atoms with Gasteiger partial charge in [0.05, 0.1) is 0 Å². The zero-order valence-electron chi connectivity index (χ0n) is 13.5. The highest BCUT2D eigenvalue weighted by molar-refractivity contribution is 7.11. The van der Waals surface area contributed by atoms with Crippen molar-refractivity contribution in [2.75, 3.05) is 6.54 Å². The Morgan fingerprint density at radius 3 is 2.50 bits per heavy atom. The summed E-state index contributed by atoms with van der Waals surface area (Å²) in [4.78, 5) is 0. The summed E-state index contributed by atoms with van der Waals surface area (Å²) in [5, 5.41) is 14.9. The van der Waals surface area contributed by atoms with Gasteiger partial charge in [0.2, 0.25) is 0 Å². The smallest absolute Gasteiger partial charge is 0.123 e. The van der Waals surface area contributed by atoms with Gasteiger partial charge in [-0.3, -0.25) is 0 Å². The maximum absolute atomic E-state index is 4.49. The number of rotatable bonds is 5. The molecule has 1 heterocycles. The highest BCUT2D eigenvalue weighted by atomic mass is 32.1. The number of hydrogen-bond donors (Lipinski definition) is 1. The molecule has 1 N–H and O–H groups in total. The minimum Gasteiger partial charge on any atom is -0.312 e. The second kappa shape index (κ2) is 6.52. The molecule has 1 aromatic rings. The maximum Gasteiger partial charge on any atom is 0.123 e. The van der Waals surface area contributed by atoms with Gasteiger partial charge in [-0.2, -0.15) is 0 Å². The minimum atomic E-state index is 0.210. The lowest BCUT2D eigenvalue weighted by molar-refractivity contribution is 0.317. The molecule has 2 rings (SSSR count). The quantitative estimate of drug-likeness (QED) is 0.832. The van der Waals surface area contributed by atoms with E-state index in [1.807, 2.05) is 11.3 Å². The Kier molecular flexibility index (Phi) is 5.19. The van der Waals surface area contributed by atoms with E-state index in [2.05, 4.69) is 43.2 Å². The maximum atomic E-state index is 4.49. The van der Waals surface area contributed by atoms with Crippen molar-refractivity contribution >= 4 is 11.3 Å². The molecule has 1 aliphatic carbocycles. The Bertz CT molecular complexity index is 414. The van der Waals surface area contributed by atoms with Crippen molar-refractivity contribution in [2.24, 2.45) is 0 Å². The Morgan fingerprint density at radius 2 is 1.85 bits per heavy atom. The predicted molar refractivity (Wildman–Crippen MR) is 86.4 cm³/mol. The molecule has 3 nitrogen and oxygen atoms in total. The van der Waals surface area contributed by atoms with E-state index in [4.69, 9.17) is 0 Å². The SMILES string of the molecule is CC(C)(C)NCCCc1nnc(C2(C)CCCCC2)s1. The van der Waals surface area contributed by atoms with Gasteiger partial charge >= 0.3 is 0 Å². The summed E-state index contributed by atoms with van der Waals surface area (Å²) in [6, 6.07) is 0. The first-order valence-electron chi connectivity index (χ1n) is 7.97. The first-order valence-corrected chi connectivity index (χ1v) is 8.79. The third kappa shape index (κ3) is 4.52. The lowest BCUT2D eigenvalue weighted by Crippen LogP contribution is -2.36. The molecule has 0 aliphatic heterocycles. The lowest BCUT2D eigenvalue weighted by atomic mass is 9.76. The average molecular weight is 295 g/mol. The van der Waals surface area contributed by atoms with Crippen LogP contribution in [-0.4, -0.2) is 22.3 Å². The molecule has 1 aliphatic rings. The summed E-state index contributed by atoms with van der Waals surface area (Å²) in [5.74, 6) is 0. The Morgan fingerprint density at radius 1 is 1.15 bits per heavy atom. The Balaban J connectivity index is 1.83. The van der Waals surface area contributed by atoms with E-state index in [1.165, 1.54) is 42.1 Å². The molecule has 0 unspecified atom stereocenters. The first-order chi connectivity index (χ1) is 9.39. The average Bonchev–Trinajstić information content (AvgIpc) is 2.84. The number of nitrogens with zero attached hydrogens (tertiary/aromatic N) is 2. The van der Waals surface area contributed by atoms with E-state index in [-0.39, 0.29) is 5.54 Å². The number of nitrogens with one attached hydrogen (secondary N) is 1. The molecule has 1 saturated carbocycles. The van der Waals surface area contributed by atoms with Crippen molar-refractivity contribution in [2.45, 2.75) is 83.6 Å². The summed E-state index contributed by atoms with van der Waals surface area (Å²) >= 11 is 1.85. The standard InChI is InChI=1S/C16H29N3S/c1-15(2,3)17-12-8-9-13-18-19-14(20-13)16(4)10-6-5-7-11-16/h17H,5-12H2,1-4H3. The van der Waals surface area contributed by atoms with Gasteiger partial charge in [0.15, 0.2) is 0 Å².